The molecule has 3 aromatic rings. The van der Waals surface area contributed by atoms with Crippen LogP contribution in [0.4, 0.5) is 0 Å². The van der Waals surface area contributed by atoms with Crippen LogP contribution in [0.5, 0.6) is 0 Å². The number of carbonyl (C=O) groups excluding carboxylic acids is 1. The number of benzene rings is 1. The van der Waals surface area contributed by atoms with Gasteiger partial charge in [0.2, 0.25) is 0 Å². The number of hydrogen-bond donors (Lipinski definition) is 1. The van der Waals surface area contributed by atoms with Crippen LogP contribution in [0.2, 0.25) is 0 Å². The lowest BCUT2D eigenvalue weighted by molar-refractivity contribution is 0.0745. The van der Waals surface area contributed by atoms with Gasteiger partial charge in [0.1, 0.15) is 0 Å². The highest BCUT2D eigenvalue weighted by Gasteiger charge is 2.20. The number of nitrogens with zero attached hydrogens (tertiary/aromatic N) is 2. The van der Waals surface area contributed by atoms with Crippen LogP contribution in [0.15, 0.2) is 40.5 Å². The van der Waals surface area contributed by atoms with Crippen LogP contribution < -0.4 is 5.69 Å². The number of aromatic amines is 1. The lowest BCUT2D eigenvalue weighted by Crippen LogP contribution is -2.29. The van der Waals surface area contributed by atoms with Gasteiger partial charge in [0.25, 0.3) is 5.91 Å². The number of rotatable bonds is 3. The van der Waals surface area contributed by atoms with Crippen molar-refractivity contribution >= 4 is 28.3 Å². The quantitative estimate of drug-likeness (QED) is 0.808. The average Bonchev–Trinajstić information content (AvgIpc) is 3.14. The first-order chi connectivity index (χ1) is 10.5. The van der Waals surface area contributed by atoms with Crippen molar-refractivity contribution in [2.75, 3.05) is 7.05 Å². The number of hydrogen-bond acceptors (Lipinski definition) is 3. The van der Waals surface area contributed by atoms with Gasteiger partial charge in [-0.2, -0.15) is 0 Å². The zero-order chi connectivity index (χ0) is 15.9. The van der Waals surface area contributed by atoms with Gasteiger partial charge in [-0.15, -0.1) is 11.3 Å². The lowest BCUT2D eigenvalue weighted by Gasteiger charge is -2.24. The van der Waals surface area contributed by atoms with Crippen molar-refractivity contribution in [1.29, 1.82) is 0 Å². The molecule has 1 aromatic carbocycles. The van der Waals surface area contributed by atoms with Crippen molar-refractivity contribution in [3.63, 3.8) is 0 Å². The van der Waals surface area contributed by atoms with E-state index < -0.39 is 0 Å². The fourth-order valence-corrected chi connectivity index (χ4v) is 3.30. The first-order valence-corrected chi connectivity index (χ1v) is 7.86. The smallest absolute Gasteiger partial charge is 0.326 e. The number of imidazole rings is 1. The molecule has 22 heavy (non-hydrogen) atoms. The maximum Gasteiger partial charge on any atom is 0.326 e. The zero-order valence-electron chi connectivity index (χ0n) is 12.7. The summed E-state index contributed by atoms with van der Waals surface area (Å²) in [5.74, 6) is -0.0625. The van der Waals surface area contributed by atoms with Crippen LogP contribution in [-0.4, -0.2) is 27.4 Å². The van der Waals surface area contributed by atoms with E-state index in [1.165, 1.54) is 4.57 Å². The van der Waals surface area contributed by atoms with Crippen molar-refractivity contribution in [2.45, 2.75) is 13.0 Å². The molecular formula is C16H17N3O2S. The zero-order valence-corrected chi connectivity index (χ0v) is 13.5. The third kappa shape index (κ3) is 2.35. The highest BCUT2D eigenvalue weighted by molar-refractivity contribution is 7.10. The average molecular weight is 315 g/mol. The molecule has 0 fully saturated rings. The Morgan fingerprint density at radius 1 is 1.36 bits per heavy atom. The number of H-pyrrole nitrogens is 1. The van der Waals surface area contributed by atoms with Gasteiger partial charge in [-0.05, 0) is 36.6 Å². The molecule has 5 nitrogen and oxygen atoms in total. The fraction of sp³-hybridized carbons (Fsp3) is 0.250. The Bertz CT molecular complexity index is 877. The first kappa shape index (κ1) is 14.6. The van der Waals surface area contributed by atoms with Crippen LogP contribution in [0.3, 0.4) is 0 Å². The predicted molar refractivity (Wildman–Crippen MR) is 88.4 cm³/mol. The van der Waals surface area contributed by atoms with E-state index in [1.54, 1.807) is 48.5 Å². The van der Waals surface area contributed by atoms with Gasteiger partial charge in [0.15, 0.2) is 0 Å². The van der Waals surface area contributed by atoms with E-state index in [0.29, 0.717) is 11.1 Å². The van der Waals surface area contributed by atoms with Crippen molar-refractivity contribution < 1.29 is 4.79 Å². The van der Waals surface area contributed by atoms with Crippen molar-refractivity contribution in [3.8, 4) is 0 Å². The molecule has 1 unspecified atom stereocenters. The number of nitrogens with one attached hydrogen (secondary N) is 1. The molecule has 2 heterocycles. The van der Waals surface area contributed by atoms with Crippen LogP contribution in [-0.2, 0) is 7.05 Å². The lowest BCUT2D eigenvalue weighted by atomic mass is 10.1. The van der Waals surface area contributed by atoms with E-state index >= 15 is 0 Å². The van der Waals surface area contributed by atoms with E-state index in [4.69, 9.17) is 0 Å². The predicted octanol–water partition coefficient (Wildman–Crippen LogP) is 2.76. The van der Waals surface area contributed by atoms with Crippen molar-refractivity contribution in [2.24, 2.45) is 7.05 Å². The molecule has 0 saturated carbocycles. The Hall–Kier alpha value is -2.34. The molecule has 0 aliphatic heterocycles. The number of amides is 1. The first-order valence-electron chi connectivity index (χ1n) is 6.98. The van der Waals surface area contributed by atoms with Gasteiger partial charge in [-0.3, -0.25) is 9.36 Å². The second-order valence-corrected chi connectivity index (χ2v) is 6.31. The number of thiophene rings is 1. The van der Waals surface area contributed by atoms with Crippen molar-refractivity contribution in [1.82, 2.24) is 14.5 Å². The minimum atomic E-state index is -0.181. The summed E-state index contributed by atoms with van der Waals surface area (Å²) in [6, 6.07) is 9.31. The minimum absolute atomic E-state index is 0.0121. The SMILES string of the molecule is CC(c1cccs1)N(C)C(=O)c1ccc2c(c1)[nH]c(=O)n2C. The number of aryl methyl sites for hydroxylation is 1. The third-order valence-electron chi connectivity index (χ3n) is 4.01. The summed E-state index contributed by atoms with van der Waals surface area (Å²) in [5.41, 5.74) is 1.85. The maximum atomic E-state index is 12.6. The van der Waals surface area contributed by atoms with Gasteiger partial charge in [-0.1, -0.05) is 6.07 Å². The summed E-state index contributed by atoms with van der Waals surface area (Å²) in [4.78, 5) is 29.9. The Kier molecular flexibility index (Phi) is 3.62. The summed E-state index contributed by atoms with van der Waals surface area (Å²) in [6.45, 7) is 2.01. The van der Waals surface area contributed by atoms with E-state index in [9.17, 15) is 9.59 Å². The van der Waals surface area contributed by atoms with E-state index in [2.05, 4.69) is 4.98 Å². The van der Waals surface area contributed by atoms with E-state index in [1.807, 2.05) is 24.4 Å². The highest BCUT2D eigenvalue weighted by Crippen LogP contribution is 2.25. The molecule has 0 spiro atoms. The monoisotopic (exact) mass is 315 g/mol. The Labute approximate surface area is 131 Å². The summed E-state index contributed by atoms with van der Waals surface area (Å²) in [5, 5.41) is 2.00. The standard InChI is InChI=1S/C16H17N3O2S/c1-10(14-5-4-8-22-14)18(2)15(20)11-6-7-13-12(9-11)17-16(21)19(13)3/h4-10H,1-3H3,(H,17,21). The number of aromatic nitrogens is 2. The maximum absolute atomic E-state index is 12.6. The Morgan fingerprint density at radius 3 is 2.82 bits per heavy atom. The molecule has 1 N–H and O–H groups in total. The molecule has 0 radical (unpaired) electrons. The van der Waals surface area contributed by atoms with Crippen molar-refractivity contribution in [3.05, 3.63) is 56.6 Å². The van der Waals surface area contributed by atoms with Gasteiger partial charge < -0.3 is 9.88 Å². The molecule has 114 valence electrons. The van der Waals surface area contributed by atoms with Crippen LogP contribution >= 0.6 is 11.3 Å². The Morgan fingerprint density at radius 2 is 2.14 bits per heavy atom. The summed E-state index contributed by atoms with van der Waals surface area (Å²) < 4.78 is 1.53. The van der Waals surface area contributed by atoms with Crippen LogP contribution in [0, 0.1) is 0 Å². The number of carbonyl (C=O) groups is 1. The molecule has 0 saturated heterocycles. The molecule has 0 bridgehead atoms. The minimum Gasteiger partial charge on any atom is -0.334 e. The molecule has 6 heteroatoms. The second kappa shape index (κ2) is 5.46. The molecular weight excluding hydrogens is 298 g/mol. The summed E-state index contributed by atoms with van der Waals surface area (Å²) in [7, 11) is 3.50. The molecule has 0 aliphatic rings. The normalized spacial score (nSPS) is 12.5. The Balaban J connectivity index is 1.93. The van der Waals surface area contributed by atoms with Gasteiger partial charge in [0, 0.05) is 24.5 Å². The highest BCUT2D eigenvalue weighted by atomic mass is 32.1. The molecule has 1 atom stereocenters. The second-order valence-electron chi connectivity index (χ2n) is 5.33. The van der Waals surface area contributed by atoms with Gasteiger partial charge in [0.05, 0.1) is 17.1 Å². The third-order valence-corrected chi connectivity index (χ3v) is 5.05. The summed E-state index contributed by atoms with van der Waals surface area (Å²) in [6.07, 6.45) is 0. The molecule has 2 aromatic heterocycles. The fourth-order valence-electron chi connectivity index (χ4n) is 2.47. The van der Waals surface area contributed by atoms with Crippen LogP contribution in [0.1, 0.15) is 28.2 Å². The molecule has 1 amide bonds. The van der Waals surface area contributed by atoms with Crippen LogP contribution in [0.25, 0.3) is 11.0 Å². The van der Waals surface area contributed by atoms with E-state index in [0.717, 1.165) is 10.4 Å². The topological polar surface area (TPSA) is 58.1 Å². The largest absolute Gasteiger partial charge is 0.334 e. The molecule has 3 rings (SSSR count). The molecule has 0 aliphatic carbocycles. The number of fused-ring (bicyclic) bond motifs is 1. The van der Waals surface area contributed by atoms with E-state index in [-0.39, 0.29) is 17.6 Å². The van der Waals surface area contributed by atoms with Gasteiger partial charge >= 0.3 is 5.69 Å². The summed E-state index contributed by atoms with van der Waals surface area (Å²) >= 11 is 1.64. The van der Waals surface area contributed by atoms with Gasteiger partial charge in [-0.25, -0.2) is 4.79 Å².